The third kappa shape index (κ3) is 6.10. The van der Waals surface area contributed by atoms with Crippen molar-refractivity contribution in [3.63, 3.8) is 0 Å². The van der Waals surface area contributed by atoms with E-state index >= 15 is 0 Å². The Morgan fingerprint density at radius 1 is 1.33 bits per heavy atom. The van der Waals surface area contributed by atoms with Crippen molar-refractivity contribution in [2.75, 3.05) is 11.5 Å². The topological polar surface area (TPSA) is 55.1 Å². The highest BCUT2D eigenvalue weighted by Gasteiger charge is 2.36. The van der Waals surface area contributed by atoms with Gasteiger partial charge in [0.05, 0.1) is 5.54 Å². The maximum atomic E-state index is 11.5. The lowest BCUT2D eigenvalue weighted by atomic mass is 9.95. The molecule has 1 aliphatic carbocycles. The third-order valence-electron chi connectivity index (χ3n) is 3.50. The standard InChI is InChI=1S/C14H28N2OS/c1-3-4-5-10-18-11-6-9-14(2,13(15)17)16-12-7-8-12/h12,16H,3-11H2,1-2H3,(H2,15,17). The minimum absolute atomic E-state index is 0.203. The molecule has 1 aliphatic rings. The lowest BCUT2D eigenvalue weighted by molar-refractivity contribution is -0.124. The number of primary amides is 1. The van der Waals surface area contributed by atoms with Crippen LogP contribution in [0.15, 0.2) is 0 Å². The van der Waals surface area contributed by atoms with Gasteiger partial charge in [0.2, 0.25) is 5.91 Å². The summed E-state index contributed by atoms with van der Waals surface area (Å²) in [5.41, 5.74) is 5.02. The van der Waals surface area contributed by atoms with E-state index in [0.29, 0.717) is 6.04 Å². The maximum absolute atomic E-state index is 11.5. The predicted octanol–water partition coefficient (Wildman–Crippen LogP) is 2.69. The molecule has 1 amide bonds. The SMILES string of the molecule is CCCCCSCCCC(C)(NC1CC1)C(N)=O. The smallest absolute Gasteiger partial charge is 0.237 e. The average Bonchev–Trinajstić information content (AvgIpc) is 3.11. The molecule has 1 unspecified atom stereocenters. The Morgan fingerprint density at radius 2 is 2.00 bits per heavy atom. The molecule has 1 atom stereocenters. The summed E-state index contributed by atoms with van der Waals surface area (Å²) < 4.78 is 0. The second-order valence-electron chi connectivity index (χ2n) is 5.54. The molecule has 106 valence electrons. The molecule has 0 bridgehead atoms. The van der Waals surface area contributed by atoms with E-state index in [2.05, 4.69) is 12.2 Å². The van der Waals surface area contributed by atoms with Crippen molar-refractivity contribution in [2.24, 2.45) is 5.73 Å². The zero-order valence-corrected chi connectivity index (χ0v) is 12.7. The van der Waals surface area contributed by atoms with Crippen molar-refractivity contribution < 1.29 is 4.79 Å². The van der Waals surface area contributed by atoms with Gasteiger partial charge in [-0.05, 0) is 50.5 Å². The number of thioether (sulfide) groups is 1. The maximum Gasteiger partial charge on any atom is 0.237 e. The van der Waals surface area contributed by atoms with Crippen molar-refractivity contribution in [1.29, 1.82) is 0 Å². The van der Waals surface area contributed by atoms with Gasteiger partial charge in [0.25, 0.3) is 0 Å². The van der Waals surface area contributed by atoms with Gasteiger partial charge in [-0.25, -0.2) is 0 Å². The minimum Gasteiger partial charge on any atom is -0.368 e. The van der Waals surface area contributed by atoms with Gasteiger partial charge in [0.1, 0.15) is 0 Å². The molecule has 1 saturated carbocycles. The van der Waals surface area contributed by atoms with Gasteiger partial charge in [-0.15, -0.1) is 0 Å². The summed E-state index contributed by atoms with van der Waals surface area (Å²) in [5, 5.41) is 3.39. The van der Waals surface area contributed by atoms with Gasteiger partial charge in [-0.3, -0.25) is 4.79 Å². The van der Waals surface area contributed by atoms with Gasteiger partial charge in [0, 0.05) is 6.04 Å². The molecule has 0 aromatic carbocycles. The number of carbonyl (C=O) groups excluding carboxylic acids is 1. The number of nitrogens with two attached hydrogens (primary N) is 1. The van der Waals surface area contributed by atoms with Gasteiger partial charge in [-0.1, -0.05) is 19.8 Å². The van der Waals surface area contributed by atoms with Crippen LogP contribution < -0.4 is 11.1 Å². The second kappa shape index (κ2) is 8.05. The molecule has 0 aromatic rings. The van der Waals surface area contributed by atoms with Crippen molar-refractivity contribution in [3.05, 3.63) is 0 Å². The summed E-state index contributed by atoms with van der Waals surface area (Å²) in [5.74, 6) is 2.18. The first-order valence-electron chi connectivity index (χ1n) is 7.24. The number of hydrogen-bond donors (Lipinski definition) is 2. The first-order valence-corrected chi connectivity index (χ1v) is 8.39. The lowest BCUT2D eigenvalue weighted by Gasteiger charge is -2.27. The average molecular weight is 272 g/mol. The van der Waals surface area contributed by atoms with Gasteiger partial charge in [-0.2, -0.15) is 11.8 Å². The van der Waals surface area contributed by atoms with E-state index in [-0.39, 0.29) is 5.91 Å². The highest BCUT2D eigenvalue weighted by molar-refractivity contribution is 7.99. The molecule has 0 radical (unpaired) electrons. The van der Waals surface area contributed by atoms with Crippen LogP contribution in [-0.2, 0) is 4.79 Å². The molecule has 1 fully saturated rings. The fourth-order valence-corrected chi connectivity index (χ4v) is 2.99. The molecule has 0 heterocycles. The van der Waals surface area contributed by atoms with Gasteiger partial charge in [0.15, 0.2) is 0 Å². The van der Waals surface area contributed by atoms with E-state index in [1.165, 1.54) is 37.9 Å². The second-order valence-corrected chi connectivity index (χ2v) is 6.76. The monoisotopic (exact) mass is 272 g/mol. The van der Waals surface area contributed by atoms with E-state index in [1.54, 1.807) is 0 Å². The van der Waals surface area contributed by atoms with E-state index in [1.807, 2.05) is 18.7 Å². The number of nitrogens with one attached hydrogen (secondary N) is 1. The Kier molecular flexibility index (Phi) is 7.08. The van der Waals surface area contributed by atoms with Crippen molar-refractivity contribution in [1.82, 2.24) is 5.32 Å². The first-order chi connectivity index (χ1) is 8.58. The number of carbonyl (C=O) groups is 1. The van der Waals surface area contributed by atoms with Crippen molar-refractivity contribution in [2.45, 2.75) is 70.4 Å². The van der Waals surface area contributed by atoms with Crippen molar-refractivity contribution in [3.8, 4) is 0 Å². The molecule has 0 spiro atoms. The van der Waals surface area contributed by atoms with Gasteiger partial charge >= 0.3 is 0 Å². The summed E-state index contributed by atoms with van der Waals surface area (Å²) in [6.45, 7) is 4.18. The fraction of sp³-hybridized carbons (Fsp3) is 0.929. The summed E-state index contributed by atoms with van der Waals surface area (Å²) >= 11 is 2.00. The molecular formula is C14H28N2OS. The molecule has 3 nitrogen and oxygen atoms in total. The van der Waals surface area contributed by atoms with Crippen LogP contribution in [0.5, 0.6) is 0 Å². The minimum atomic E-state index is -0.495. The Hall–Kier alpha value is -0.220. The van der Waals surface area contributed by atoms with Crippen LogP contribution in [0.25, 0.3) is 0 Å². The van der Waals surface area contributed by atoms with Crippen LogP contribution in [0.4, 0.5) is 0 Å². The number of hydrogen-bond acceptors (Lipinski definition) is 3. The number of unbranched alkanes of at least 4 members (excludes halogenated alkanes) is 2. The van der Waals surface area contributed by atoms with Crippen LogP contribution in [0.1, 0.15) is 58.8 Å². The molecule has 1 rings (SSSR count). The normalized spacial score (nSPS) is 18.6. The molecular weight excluding hydrogens is 244 g/mol. The highest BCUT2D eigenvalue weighted by Crippen LogP contribution is 2.25. The molecule has 4 heteroatoms. The zero-order valence-electron chi connectivity index (χ0n) is 11.8. The number of rotatable bonds is 11. The summed E-state index contributed by atoms with van der Waals surface area (Å²) in [7, 11) is 0. The third-order valence-corrected chi connectivity index (χ3v) is 4.66. The fourth-order valence-electron chi connectivity index (χ4n) is 2.03. The number of amides is 1. The molecule has 0 saturated heterocycles. The van der Waals surface area contributed by atoms with Crippen LogP contribution in [0, 0.1) is 0 Å². The van der Waals surface area contributed by atoms with Crippen molar-refractivity contribution >= 4 is 17.7 Å². The predicted molar refractivity (Wildman–Crippen MR) is 79.8 cm³/mol. The Labute approximate surface area is 116 Å². The first kappa shape index (κ1) is 15.8. The van der Waals surface area contributed by atoms with Crippen LogP contribution >= 0.6 is 11.8 Å². The lowest BCUT2D eigenvalue weighted by Crippen LogP contribution is -2.54. The Morgan fingerprint density at radius 3 is 2.56 bits per heavy atom. The Balaban J connectivity index is 2.11. The zero-order chi connectivity index (χ0) is 13.4. The quantitative estimate of drug-likeness (QED) is 0.569. The molecule has 18 heavy (non-hydrogen) atoms. The van der Waals surface area contributed by atoms with E-state index in [9.17, 15) is 4.79 Å². The summed E-state index contributed by atoms with van der Waals surface area (Å²) in [6, 6.07) is 0.528. The highest BCUT2D eigenvalue weighted by atomic mass is 32.2. The van der Waals surface area contributed by atoms with Gasteiger partial charge < -0.3 is 11.1 Å². The molecule has 0 aliphatic heterocycles. The molecule has 3 N–H and O–H groups in total. The Bertz CT molecular complexity index is 256. The van der Waals surface area contributed by atoms with Crippen LogP contribution in [0.3, 0.4) is 0 Å². The van der Waals surface area contributed by atoms with Crippen LogP contribution in [0.2, 0.25) is 0 Å². The van der Waals surface area contributed by atoms with E-state index < -0.39 is 5.54 Å². The summed E-state index contributed by atoms with van der Waals surface area (Å²) in [6.07, 6.45) is 8.23. The van der Waals surface area contributed by atoms with E-state index in [0.717, 1.165) is 18.6 Å². The summed E-state index contributed by atoms with van der Waals surface area (Å²) in [4.78, 5) is 11.5. The van der Waals surface area contributed by atoms with E-state index in [4.69, 9.17) is 5.73 Å². The van der Waals surface area contributed by atoms with Crippen LogP contribution in [-0.4, -0.2) is 29.0 Å². The largest absolute Gasteiger partial charge is 0.368 e. The molecule has 0 aromatic heterocycles.